The molecular weight excluding hydrogens is 426 g/mol. The Morgan fingerprint density at radius 2 is 1.67 bits per heavy atom. The van der Waals surface area contributed by atoms with Crippen LogP contribution in [0.2, 0.25) is 0 Å². The molecule has 0 unspecified atom stereocenters. The van der Waals surface area contributed by atoms with Gasteiger partial charge in [-0.25, -0.2) is 4.79 Å². The molecule has 0 aromatic heterocycles. The normalized spacial score (nSPS) is 16.3. The average Bonchev–Trinajstić information content (AvgIpc) is 3.23. The summed E-state index contributed by atoms with van der Waals surface area (Å²) in [5.74, 6) is -1.65. The number of nitrogens with zero attached hydrogens (tertiary/aromatic N) is 1. The zero-order valence-electron chi connectivity index (χ0n) is 18.9. The van der Waals surface area contributed by atoms with E-state index in [0.29, 0.717) is 29.2 Å². The van der Waals surface area contributed by atoms with Crippen molar-refractivity contribution < 1.29 is 33.4 Å². The van der Waals surface area contributed by atoms with Crippen LogP contribution in [-0.4, -0.2) is 50.0 Å². The third kappa shape index (κ3) is 5.77. The third-order valence-electron chi connectivity index (χ3n) is 5.35. The molecule has 2 aromatic rings. The summed E-state index contributed by atoms with van der Waals surface area (Å²) in [6.45, 7) is 3.90. The predicted octanol–water partition coefficient (Wildman–Crippen LogP) is 3.43. The molecule has 0 bridgehead atoms. The summed E-state index contributed by atoms with van der Waals surface area (Å²) < 4.78 is 15.5. The lowest BCUT2D eigenvalue weighted by Gasteiger charge is -2.18. The van der Waals surface area contributed by atoms with Gasteiger partial charge in [0.2, 0.25) is 11.7 Å². The van der Waals surface area contributed by atoms with Crippen molar-refractivity contribution in [1.82, 2.24) is 0 Å². The average molecular weight is 453 g/mol. The van der Waals surface area contributed by atoms with Gasteiger partial charge in [-0.3, -0.25) is 14.4 Å². The summed E-state index contributed by atoms with van der Waals surface area (Å²) in [7, 11) is 1.53. The SMILES string of the molecule is CCCOC(=O)c1ccc(N2C[C@H](C(=O)O[C@H](C)C(=O)c3ccc(OC)cc3)CC2=O)cc1. The molecule has 1 fully saturated rings. The number of Topliss-reactive ketones (excluding diaryl/α,β-unsaturated/α-hetero) is 1. The molecule has 0 N–H and O–H groups in total. The first kappa shape index (κ1) is 24.0. The Hall–Kier alpha value is -3.68. The minimum Gasteiger partial charge on any atom is -0.497 e. The van der Waals surface area contributed by atoms with Crippen molar-refractivity contribution in [3.05, 3.63) is 59.7 Å². The molecule has 0 saturated carbocycles. The van der Waals surface area contributed by atoms with E-state index in [-0.39, 0.29) is 24.7 Å². The lowest BCUT2D eigenvalue weighted by atomic mass is 10.1. The van der Waals surface area contributed by atoms with Crippen molar-refractivity contribution in [3.63, 3.8) is 0 Å². The second-order valence-corrected chi connectivity index (χ2v) is 7.76. The van der Waals surface area contributed by atoms with Crippen LogP contribution >= 0.6 is 0 Å². The summed E-state index contributed by atoms with van der Waals surface area (Å²) in [5, 5.41) is 0. The summed E-state index contributed by atoms with van der Waals surface area (Å²) in [6.07, 6.45) is -0.264. The molecule has 174 valence electrons. The first-order valence-electron chi connectivity index (χ1n) is 10.8. The van der Waals surface area contributed by atoms with Gasteiger partial charge in [0.1, 0.15) is 5.75 Å². The zero-order valence-corrected chi connectivity index (χ0v) is 18.9. The lowest BCUT2D eigenvalue weighted by Crippen LogP contribution is -2.30. The molecule has 8 nitrogen and oxygen atoms in total. The number of rotatable bonds is 9. The maximum absolute atomic E-state index is 12.6. The van der Waals surface area contributed by atoms with E-state index in [9.17, 15) is 19.2 Å². The molecule has 3 rings (SSSR count). The highest BCUT2D eigenvalue weighted by atomic mass is 16.5. The van der Waals surface area contributed by atoms with E-state index < -0.39 is 24.0 Å². The fourth-order valence-corrected chi connectivity index (χ4v) is 3.48. The molecule has 0 aliphatic carbocycles. The highest BCUT2D eigenvalue weighted by Gasteiger charge is 2.37. The molecule has 1 aliphatic rings. The summed E-state index contributed by atoms with van der Waals surface area (Å²) >= 11 is 0. The van der Waals surface area contributed by atoms with Gasteiger partial charge < -0.3 is 19.1 Å². The van der Waals surface area contributed by atoms with Gasteiger partial charge in [0.05, 0.1) is 25.2 Å². The molecule has 1 amide bonds. The fraction of sp³-hybridized carbons (Fsp3) is 0.360. The van der Waals surface area contributed by atoms with E-state index in [1.54, 1.807) is 48.5 Å². The Labute approximate surface area is 192 Å². The largest absolute Gasteiger partial charge is 0.497 e. The lowest BCUT2D eigenvalue weighted by molar-refractivity contribution is -0.151. The van der Waals surface area contributed by atoms with Crippen LogP contribution in [0.1, 0.15) is 47.4 Å². The van der Waals surface area contributed by atoms with Crippen molar-refractivity contribution in [2.45, 2.75) is 32.8 Å². The molecular formula is C25H27NO7. The first-order chi connectivity index (χ1) is 15.8. The van der Waals surface area contributed by atoms with E-state index in [0.717, 1.165) is 6.42 Å². The van der Waals surface area contributed by atoms with E-state index in [1.807, 2.05) is 6.92 Å². The van der Waals surface area contributed by atoms with E-state index in [2.05, 4.69) is 0 Å². The van der Waals surface area contributed by atoms with E-state index in [4.69, 9.17) is 14.2 Å². The number of hydrogen-bond donors (Lipinski definition) is 0. The topological polar surface area (TPSA) is 99.2 Å². The zero-order chi connectivity index (χ0) is 24.0. The van der Waals surface area contributed by atoms with Crippen LogP contribution in [0.25, 0.3) is 0 Å². The van der Waals surface area contributed by atoms with Gasteiger partial charge >= 0.3 is 11.9 Å². The van der Waals surface area contributed by atoms with Crippen molar-refractivity contribution in [1.29, 1.82) is 0 Å². The molecule has 1 saturated heterocycles. The monoisotopic (exact) mass is 453 g/mol. The van der Waals surface area contributed by atoms with Gasteiger partial charge in [0.15, 0.2) is 6.10 Å². The minimum atomic E-state index is -0.983. The maximum atomic E-state index is 12.6. The van der Waals surface area contributed by atoms with Gasteiger partial charge in [-0.15, -0.1) is 0 Å². The molecule has 1 aliphatic heterocycles. The predicted molar refractivity (Wildman–Crippen MR) is 120 cm³/mol. The number of carbonyl (C=O) groups excluding carboxylic acids is 4. The smallest absolute Gasteiger partial charge is 0.338 e. The number of benzene rings is 2. The number of ether oxygens (including phenoxy) is 3. The van der Waals surface area contributed by atoms with Crippen LogP contribution in [0.3, 0.4) is 0 Å². The summed E-state index contributed by atoms with van der Waals surface area (Å²) in [6, 6.07) is 13.0. The van der Waals surface area contributed by atoms with Crippen LogP contribution in [-0.2, 0) is 19.1 Å². The Kier molecular flexibility index (Phi) is 7.82. The second kappa shape index (κ2) is 10.8. The van der Waals surface area contributed by atoms with Gasteiger partial charge in [-0.05, 0) is 61.9 Å². The van der Waals surface area contributed by atoms with Gasteiger partial charge in [0, 0.05) is 24.2 Å². The number of hydrogen-bond acceptors (Lipinski definition) is 7. The number of carbonyl (C=O) groups is 4. The Bertz CT molecular complexity index is 1010. The molecule has 0 spiro atoms. The summed E-state index contributed by atoms with van der Waals surface area (Å²) in [4.78, 5) is 51.1. The van der Waals surface area contributed by atoms with Crippen molar-refractivity contribution in [3.8, 4) is 5.75 Å². The standard InChI is InChI=1S/C25H27NO7/c1-4-13-32-24(29)18-5-9-20(10-6-18)26-15-19(14-22(26)27)25(30)33-16(2)23(28)17-7-11-21(31-3)12-8-17/h5-12,16,19H,4,13-15H2,1-3H3/t16-,19-/m1/s1. The van der Waals surface area contributed by atoms with Crippen LogP contribution in [0.5, 0.6) is 5.75 Å². The van der Waals surface area contributed by atoms with Gasteiger partial charge in [-0.1, -0.05) is 6.92 Å². The van der Waals surface area contributed by atoms with Crippen LogP contribution in [0, 0.1) is 5.92 Å². The number of esters is 2. The van der Waals surface area contributed by atoms with Gasteiger partial charge in [0.25, 0.3) is 0 Å². The quantitative estimate of drug-likeness (QED) is 0.424. The van der Waals surface area contributed by atoms with Crippen molar-refractivity contribution in [2.24, 2.45) is 5.92 Å². The van der Waals surface area contributed by atoms with Crippen LogP contribution < -0.4 is 9.64 Å². The Balaban J connectivity index is 1.59. The molecule has 1 heterocycles. The number of amides is 1. The molecule has 2 aromatic carbocycles. The minimum absolute atomic E-state index is 0.0113. The van der Waals surface area contributed by atoms with Crippen molar-refractivity contribution >= 4 is 29.3 Å². The Morgan fingerprint density at radius 1 is 1.03 bits per heavy atom. The van der Waals surface area contributed by atoms with Crippen LogP contribution in [0.15, 0.2) is 48.5 Å². The number of anilines is 1. The third-order valence-corrected chi connectivity index (χ3v) is 5.35. The Morgan fingerprint density at radius 3 is 2.27 bits per heavy atom. The highest BCUT2D eigenvalue weighted by Crippen LogP contribution is 2.27. The molecule has 0 radical (unpaired) electrons. The number of methoxy groups -OCH3 is 1. The fourth-order valence-electron chi connectivity index (χ4n) is 3.48. The van der Waals surface area contributed by atoms with Crippen molar-refractivity contribution in [2.75, 3.05) is 25.2 Å². The molecule has 33 heavy (non-hydrogen) atoms. The van der Waals surface area contributed by atoms with Crippen LogP contribution in [0.4, 0.5) is 5.69 Å². The molecule has 2 atom stereocenters. The molecule has 8 heteroatoms. The number of ketones is 1. The second-order valence-electron chi connectivity index (χ2n) is 7.76. The maximum Gasteiger partial charge on any atom is 0.338 e. The summed E-state index contributed by atoms with van der Waals surface area (Å²) in [5.41, 5.74) is 1.36. The first-order valence-corrected chi connectivity index (χ1v) is 10.8. The van der Waals surface area contributed by atoms with E-state index in [1.165, 1.54) is 18.9 Å². The highest BCUT2D eigenvalue weighted by molar-refractivity contribution is 6.02. The van der Waals surface area contributed by atoms with Gasteiger partial charge in [-0.2, -0.15) is 0 Å². The van der Waals surface area contributed by atoms with E-state index >= 15 is 0 Å².